The lowest BCUT2D eigenvalue weighted by Gasteiger charge is -2.17. The molecule has 5 heteroatoms. The number of likely N-dealkylation sites (N-methyl/N-ethyl adjacent to an activating group) is 1. The minimum atomic E-state index is -0.517. The lowest BCUT2D eigenvalue weighted by molar-refractivity contribution is 0.0698. The molecule has 0 aromatic carbocycles. The molecule has 1 rings (SSSR count). The third-order valence-electron chi connectivity index (χ3n) is 1.62. The predicted molar refractivity (Wildman–Crippen MR) is 47.2 cm³/mol. The quantitative estimate of drug-likeness (QED) is 0.685. The van der Waals surface area contributed by atoms with Crippen LogP contribution in [0.4, 0.5) is 0 Å². The molecule has 0 saturated carbocycles. The van der Waals surface area contributed by atoms with E-state index in [0.717, 1.165) is 0 Å². The van der Waals surface area contributed by atoms with Crippen molar-refractivity contribution in [3.8, 4) is 0 Å². The minimum Gasteiger partial charge on any atom is -0.392 e. The van der Waals surface area contributed by atoms with Crippen molar-refractivity contribution >= 4 is 5.91 Å². The van der Waals surface area contributed by atoms with E-state index in [1.165, 1.54) is 11.1 Å². The van der Waals surface area contributed by atoms with Crippen LogP contribution in [0.2, 0.25) is 0 Å². The van der Waals surface area contributed by atoms with E-state index in [4.69, 9.17) is 5.11 Å². The molecule has 0 aliphatic carbocycles. The van der Waals surface area contributed by atoms with Crippen LogP contribution in [0.15, 0.2) is 12.3 Å². The standard InChI is InChI=1S/C8H13N3O2/c1-6(12)5-11(2)8(13)7-3-4-9-10-7/h3-4,6,12H,5H2,1-2H3,(H,9,10). The molecule has 13 heavy (non-hydrogen) atoms. The average Bonchev–Trinajstić information content (AvgIpc) is 2.53. The molecule has 1 atom stereocenters. The van der Waals surface area contributed by atoms with E-state index in [1.807, 2.05) is 0 Å². The number of hydrogen-bond acceptors (Lipinski definition) is 3. The molecule has 1 amide bonds. The van der Waals surface area contributed by atoms with Crippen LogP contribution in [0.25, 0.3) is 0 Å². The molecule has 2 N–H and O–H groups in total. The molecular formula is C8H13N3O2. The van der Waals surface area contributed by atoms with Crippen LogP contribution in [0.3, 0.4) is 0 Å². The van der Waals surface area contributed by atoms with Crippen molar-refractivity contribution in [2.45, 2.75) is 13.0 Å². The number of aromatic nitrogens is 2. The summed E-state index contributed by atoms with van der Waals surface area (Å²) in [7, 11) is 1.63. The van der Waals surface area contributed by atoms with Gasteiger partial charge in [-0.05, 0) is 13.0 Å². The number of aliphatic hydroxyl groups excluding tert-OH is 1. The predicted octanol–water partition coefficient (Wildman–Crippen LogP) is -0.138. The van der Waals surface area contributed by atoms with Gasteiger partial charge < -0.3 is 10.0 Å². The van der Waals surface area contributed by atoms with Crippen molar-refractivity contribution in [3.63, 3.8) is 0 Å². The number of aromatic amines is 1. The largest absolute Gasteiger partial charge is 0.392 e. The first kappa shape index (κ1) is 9.73. The van der Waals surface area contributed by atoms with Crippen LogP contribution >= 0.6 is 0 Å². The number of nitrogens with zero attached hydrogens (tertiary/aromatic N) is 2. The minimum absolute atomic E-state index is 0.168. The highest BCUT2D eigenvalue weighted by molar-refractivity contribution is 5.91. The molecule has 1 aromatic heterocycles. The summed E-state index contributed by atoms with van der Waals surface area (Å²) in [6.07, 6.45) is 1.00. The lowest BCUT2D eigenvalue weighted by atomic mass is 10.3. The monoisotopic (exact) mass is 183 g/mol. The molecule has 72 valence electrons. The number of nitrogens with one attached hydrogen (secondary N) is 1. The van der Waals surface area contributed by atoms with E-state index < -0.39 is 6.10 Å². The SMILES string of the molecule is CC(O)CN(C)C(=O)c1ccn[nH]1. The number of carbonyl (C=O) groups excluding carboxylic acids is 1. The fourth-order valence-electron chi connectivity index (χ4n) is 1.06. The first-order valence-electron chi connectivity index (χ1n) is 4.04. The van der Waals surface area contributed by atoms with Gasteiger partial charge in [0, 0.05) is 19.8 Å². The first-order chi connectivity index (χ1) is 6.11. The van der Waals surface area contributed by atoms with Crippen LogP contribution in [0, 0.1) is 0 Å². The number of aliphatic hydroxyl groups is 1. The zero-order chi connectivity index (χ0) is 9.84. The smallest absolute Gasteiger partial charge is 0.271 e. The molecule has 1 heterocycles. The van der Waals surface area contributed by atoms with E-state index in [1.54, 1.807) is 20.0 Å². The summed E-state index contributed by atoms with van der Waals surface area (Å²) >= 11 is 0. The maximum atomic E-state index is 11.5. The Hall–Kier alpha value is -1.36. The van der Waals surface area contributed by atoms with Crippen LogP contribution < -0.4 is 0 Å². The summed E-state index contributed by atoms with van der Waals surface area (Å²) in [5.74, 6) is -0.168. The summed E-state index contributed by atoms with van der Waals surface area (Å²) in [6, 6.07) is 1.60. The van der Waals surface area contributed by atoms with Crippen LogP contribution in [0.5, 0.6) is 0 Å². The second-order valence-electron chi connectivity index (χ2n) is 3.01. The zero-order valence-electron chi connectivity index (χ0n) is 7.69. The Morgan fingerprint density at radius 3 is 3.00 bits per heavy atom. The number of hydrogen-bond donors (Lipinski definition) is 2. The molecular weight excluding hydrogens is 170 g/mol. The summed E-state index contributed by atoms with van der Waals surface area (Å²) in [5.41, 5.74) is 0.433. The van der Waals surface area contributed by atoms with Gasteiger partial charge in [-0.1, -0.05) is 0 Å². The summed E-state index contributed by atoms with van der Waals surface area (Å²) < 4.78 is 0. The maximum Gasteiger partial charge on any atom is 0.271 e. The van der Waals surface area contributed by atoms with E-state index >= 15 is 0 Å². The number of rotatable bonds is 3. The number of carbonyl (C=O) groups is 1. The highest BCUT2D eigenvalue weighted by atomic mass is 16.3. The Balaban J connectivity index is 2.58. The third kappa shape index (κ3) is 2.55. The van der Waals surface area contributed by atoms with Crippen LogP contribution in [-0.2, 0) is 0 Å². The second-order valence-corrected chi connectivity index (χ2v) is 3.01. The fraction of sp³-hybridized carbons (Fsp3) is 0.500. The first-order valence-corrected chi connectivity index (χ1v) is 4.04. The molecule has 1 unspecified atom stereocenters. The van der Waals surface area contributed by atoms with Crippen molar-refractivity contribution in [2.24, 2.45) is 0 Å². The van der Waals surface area contributed by atoms with Crippen molar-refractivity contribution in [1.29, 1.82) is 0 Å². The van der Waals surface area contributed by atoms with Crippen molar-refractivity contribution in [2.75, 3.05) is 13.6 Å². The second kappa shape index (κ2) is 4.04. The summed E-state index contributed by atoms with van der Waals surface area (Å²) in [5, 5.41) is 15.3. The highest BCUT2D eigenvalue weighted by Crippen LogP contribution is 1.98. The normalized spacial score (nSPS) is 12.5. The topological polar surface area (TPSA) is 69.2 Å². The summed E-state index contributed by atoms with van der Waals surface area (Å²) in [4.78, 5) is 12.9. The van der Waals surface area contributed by atoms with Crippen molar-refractivity contribution in [3.05, 3.63) is 18.0 Å². The van der Waals surface area contributed by atoms with E-state index in [0.29, 0.717) is 12.2 Å². The average molecular weight is 183 g/mol. The molecule has 0 spiro atoms. The molecule has 0 aliphatic rings. The van der Waals surface area contributed by atoms with E-state index in [-0.39, 0.29) is 5.91 Å². The molecule has 0 radical (unpaired) electrons. The van der Waals surface area contributed by atoms with Gasteiger partial charge in [0.2, 0.25) is 0 Å². The molecule has 5 nitrogen and oxygen atoms in total. The molecule has 0 fully saturated rings. The lowest BCUT2D eigenvalue weighted by Crippen LogP contribution is -2.33. The van der Waals surface area contributed by atoms with Crippen LogP contribution in [-0.4, -0.2) is 45.8 Å². The van der Waals surface area contributed by atoms with Gasteiger partial charge in [-0.3, -0.25) is 9.89 Å². The fourth-order valence-corrected chi connectivity index (χ4v) is 1.06. The van der Waals surface area contributed by atoms with Crippen LogP contribution in [0.1, 0.15) is 17.4 Å². The van der Waals surface area contributed by atoms with Gasteiger partial charge in [-0.15, -0.1) is 0 Å². The number of H-pyrrole nitrogens is 1. The highest BCUT2D eigenvalue weighted by Gasteiger charge is 2.13. The van der Waals surface area contributed by atoms with Gasteiger partial charge >= 0.3 is 0 Å². The molecule has 0 aliphatic heterocycles. The van der Waals surface area contributed by atoms with Crippen molar-refractivity contribution < 1.29 is 9.90 Å². The Morgan fingerprint density at radius 1 is 1.85 bits per heavy atom. The van der Waals surface area contributed by atoms with E-state index in [2.05, 4.69) is 10.2 Å². The van der Waals surface area contributed by atoms with Gasteiger partial charge in [0.15, 0.2) is 0 Å². The zero-order valence-corrected chi connectivity index (χ0v) is 7.69. The Kier molecular flexibility index (Phi) is 3.02. The third-order valence-corrected chi connectivity index (χ3v) is 1.62. The van der Waals surface area contributed by atoms with Gasteiger partial charge in [0.05, 0.1) is 6.10 Å². The Bertz CT molecular complexity index is 269. The Labute approximate surface area is 76.4 Å². The molecule has 1 aromatic rings. The maximum absolute atomic E-state index is 11.5. The molecule has 0 bridgehead atoms. The number of amides is 1. The van der Waals surface area contributed by atoms with Gasteiger partial charge in [-0.2, -0.15) is 5.10 Å². The van der Waals surface area contributed by atoms with E-state index in [9.17, 15) is 4.79 Å². The summed E-state index contributed by atoms with van der Waals surface area (Å²) in [6.45, 7) is 1.95. The van der Waals surface area contributed by atoms with Gasteiger partial charge in [0.25, 0.3) is 5.91 Å². The van der Waals surface area contributed by atoms with Gasteiger partial charge in [0.1, 0.15) is 5.69 Å². The Morgan fingerprint density at radius 2 is 2.54 bits per heavy atom. The van der Waals surface area contributed by atoms with Gasteiger partial charge in [-0.25, -0.2) is 0 Å². The van der Waals surface area contributed by atoms with Crippen molar-refractivity contribution in [1.82, 2.24) is 15.1 Å². The molecule has 0 saturated heterocycles.